The van der Waals surface area contributed by atoms with Crippen LogP contribution in [-0.4, -0.2) is 25.0 Å². The van der Waals surface area contributed by atoms with Crippen LogP contribution >= 0.6 is 0 Å². The molecule has 0 aliphatic carbocycles. The fraction of sp³-hybridized carbons (Fsp3) is 0.625. The lowest BCUT2D eigenvalue weighted by Gasteiger charge is -2.19. The first-order valence-corrected chi connectivity index (χ1v) is 3.36. The molecule has 10 heavy (non-hydrogen) atoms. The molecule has 0 bridgehead atoms. The summed E-state index contributed by atoms with van der Waals surface area (Å²) in [5.74, 6) is 0. The highest BCUT2D eigenvalue weighted by molar-refractivity contribution is 4.85. The Morgan fingerprint density at radius 3 is 2.60 bits per heavy atom. The van der Waals surface area contributed by atoms with Crippen molar-refractivity contribution >= 4 is 0 Å². The first kappa shape index (κ1) is 9.19. The quantitative estimate of drug-likeness (QED) is 0.549. The van der Waals surface area contributed by atoms with Crippen LogP contribution in [0.15, 0.2) is 12.7 Å². The summed E-state index contributed by atoms with van der Waals surface area (Å²) >= 11 is 0. The van der Waals surface area contributed by atoms with E-state index in [0.29, 0.717) is 12.5 Å². The van der Waals surface area contributed by atoms with Crippen LogP contribution in [0.25, 0.3) is 0 Å². The average Bonchev–Trinajstić information content (AvgIpc) is 1.87. The van der Waals surface area contributed by atoms with Gasteiger partial charge in [-0.15, -0.1) is 6.58 Å². The number of nitrogens with zero attached hydrogens (tertiary/aromatic N) is 2. The van der Waals surface area contributed by atoms with E-state index in [2.05, 4.69) is 12.6 Å². The van der Waals surface area contributed by atoms with Crippen molar-refractivity contribution in [2.45, 2.75) is 18.9 Å². The third-order valence-corrected chi connectivity index (χ3v) is 1.50. The van der Waals surface area contributed by atoms with Gasteiger partial charge in [0.05, 0.1) is 12.5 Å². The molecule has 0 fully saturated rings. The summed E-state index contributed by atoms with van der Waals surface area (Å²) in [6.07, 6.45) is 3.32. The number of hydrogen-bond donors (Lipinski definition) is 0. The molecule has 0 spiro atoms. The second kappa shape index (κ2) is 5.01. The largest absolute Gasteiger partial charge is 0.305 e. The lowest BCUT2D eigenvalue weighted by Crippen LogP contribution is -2.26. The van der Waals surface area contributed by atoms with Crippen LogP contribution in [0.1, 0.15) is 12.8 Å². The van der Waals surface area contributed by atoms with Crippen molar-refractivity contribution in [1.82, 2.24) is 4.90 Å². The zero-order valence-electron chi connectivity index (χ0n) is 6.67. The van der Waals surface area contributed by atoms with Crippen LogP contribution in [-0.2, 0) is 0 Å². The second-order valence-electron chi connectivity index (χ2n) is 2.50. The Morgan fingerprint density at radius 2 is 2.30 bits per heavy atom. The van der Waals surface area contributed by atoms with Gasteiger partial charge in [-0.05, 0) is 20.5 Å². The van der Waals surface area contributed by atoms with Crippen molar-refractivity contribution in [3.8, 4) is 6.07 Å². The van der Waals surface area contributed by atoms with Gasteiger partial charge in [0, 0.05) is 6.04 Å². The molecule has 0 amide bonds. The molecule has 2 heteroatoms. The van der Waals surface area contributed by atoms with Gasteiger partial charge in [-0.1, -0.05) is 6.08 Å². The Hall–Kier alpha value is -0.810. The Bertz CT molecular complexity index is 133. The van der Waals surface area contributed by atoms with Crippen molar-refractivity contribution in [3.63, 3.8) is 0 Å². The molecule has 0 aromatic carbocycles. The predicted molar refractivity (Wildman–Crippen MR) is 42.5 cm³/mol. The van der Waals surface area contributed by atoms with E-state index in [4.69, 9.17) is 5.26 Å². The third-order valence-electron chi connectivity index (χ3n) is 1.50. The van der Waals surface area contributed by atoms with Gasteiger partial charge in [0.1, 0.15) is 0 Å². The van der Waals surface area contributed by atoms with Gasteiger partial charge < -0.3 is 4.90 Å². The maximum atomic E-state index is 8.40. The summed E-state index contributed by atoms with van der Waals surface area (Å²) in [6.45, 7) is 3.63. The average molecular weight is 138 g/mol. The SMILES string of the molecule is C=CCC(CC#N)N(C)C. The minimum atomic E-state index is 0.336. The first-order valence-electron chi connectivity index (χ1n) is 3.36. The van der Waals surface area contributed by atoms with Gasteiger partial charge in [0.25, 0.3) is 0 Å². The Balaban J connectivity index is 3.74. The fourth-order valence-corrected chi connectivity index (χ4v) is 0.774. The Morgan fingerprint density at radius 1 is 1.70 bits per heavy atom. The summed E-state index contributed by atoms with van der Waals surface area (Å²) in [5, 5.41) is 8.40. The molecule has 1 atom stereocenters. The predicted octanol–water partition coefficient (Wildman–Crippen LogP) is 1.41. The van der Waals surface area contributed by atoms with Crippen molar-refractivity contribution in [2.75, 3.05) is 14.1 Å². The second-order valence-corrected chi connectivity index (χ2v) is 2.50. The minimum absolute atomic E-state index is 0.336. The summed E-state index contributed by atoms with van der Waals surface area (Å²) in [6, 6.07) is 2.48. The van der Waals surface area contributed by atoms with Crippen molar-refractivity contribution in [1.29, 1.82) is 5.26 Å². The molecule has 1 unspecified atom stereocenters. The number of hydrogen-bond acceptors (Lipinski definition) is 2. The van der Waals surface area contributed by atoms with Crippen LogP contribution in [0, 0.1) is 11.3 Å². The van der Waals surface area contributed by atoms with Crippen LogP contribution in [0.3, 0.4) is 0 Å². The molecule has 0 heterocycles. The van der Waals surface area contributed by atoms with Gasteiger partial charge >= 0.3 is 0 Å². The van der Waals surface area contributed by atoms with Gasteiger partial charge in [-0.3, -0.25) is 0 Å². The third kappa shape index (κ3) is 3.26. The maximum absolute atomic E-state index is 8.40. The molecular formula is C8H14N2. The summed E-state index contributed by atoms with van der Waals surface area (Å²) < 4.78 is 0. The molecule has 0 rings (SSSR count). The van der Waals surface area contributed by atoms with Crippen molar-refractivity contribution in [3.05, 3.63) is 12.7 Å². The van der Waals surface area contributed by atoms with Crippen molar-refractivity contribution in [2.24, 2.45) is 0 Å². The van der Waals surface area contributed by atoms with Crippen LogP contribution < -0.4 is 0 Å². The standard InChI is InChI=1S/C8H14N2/c1-4-5-8(6-7-9)10(2)3/h4,8H,1,5-6H2,2-3H3. The first-order chi connectivity index (χ1) is 4.72. The highest BCUT2D eigenvalue weighted by atomic mass is 15.1. The molecule has 0 N–H and O–H groups in total. The Kier molecular flexibility index (Phi) is 4.61. The van der Waals surface area contributed by atoms with Gasteiger partial charge in [0.2, 0.25) is 0 Å². The van der Waals surface area contributed by atoms with E-state index in [1.807, 2.05) is 25.1 Å². The zero-order valence-corrected chi connectivity index (χ0v) is 6.67. The van der Waals surface area contributed by atoms with Gasteiger partial charge in [0.15, 0.2) is 0 Å². The molecule has 0 saturated carbocycles. The molecular weight excluding hydrogens is 124 g/mol. The van der Waals surface area contributed by atoms with E-state index in [0.717, 1.165) is 6.42 Å². The topological polar surface area (TPSA) is 27.0 Å². The molecule has 56 valence electrons. The number of nitriles is 1. The minimum Gasteiger partial charge on any atom is -0.305 e. The fourth-order valence-electron chi connectivity index (χ4n) is 0.774. The van der Waals surface area contributed by atoms with E-state index in [9.17, 15) is 0 Å². The van der Waals surface area contributed by atoms with E-state index in [1.165, 1.54) is 0 Å². The lowest BCUT2D eigenvalue weighted by molar-refractivity contribution is 0.299. The molecule has 0 aromatic rings. The Labute approximate surface area is 62.8 Å². The monoisotopic (exact) mass is 138 g/mol. The molecule has 2 nitrogen and oxygen atoms in total. The van der Waals surface area contributed by atoms with Crippen molar-refractivity contribution < 1.29 is 0 Å². The van der Waals surface area contributed by atoms with Gasteiger partial charge in [-0.2, -0.15) is 5.26 Å². The summed E-state index contributed by atoms with van der Waals surface area (Å²) in [4.78, 5) is 2.05. The van der Waals surface area contributed by atoms with E-state index in [-0.39, 0.29) is 0 Å². The molecule has 0 aliphatic heterocycles. The van der Waals surface area contributed by atoms with Gasteiger partial charge in [-0.25, -0.2) is 0 Å². The smallest absolute Gasteiger partial charge is 0.0638 e. The molecule has 0 radical (unpaired) electrons. The van der Waals surface area contributed by atoms with Crippen LogP contribution in [0.2, 0.25) is 0 Å². The normalized spacial score (nSPS) is 12.6. The lowest BCUT2D eigenvalue weighted by atomic mass is 10.1. The highest BCUT2D eigenvalue weighted by Crippen LogP contribution is 2.03. The van der Waals surface area contributed by atoms with Crippen LogP contribution in [0.5, 0.6) is 0 Å². The number of rotatable bonds is 4. The molecule has 0 saturated heterocycles. The zero-order chi connectivity index (χ0) is 7.98. The maximum Gasteiger partial charge on any atom is 0.0638 e. The highest BCUT2D eigenvalue weighted by Gasteiger charge is 2.07. The van der Waals surface area contributed by atoms with E-state index in [1.54, 1.807) is 0 Å². The summed E-state index contributed by atoms with van der Waals surface area (Å²) in [7, 11) is 3.96. The summed E-state index contributed by atoms with van der Waals surface area (Å²) in [5.41, 5.74) is 0. The van der Waals surface area contributed by atoms with Crippen LogP contribution in [0.4, 0.5) is 0 Å². The molecule has 0 aromatic heterocycles. The van der Waals surface area contributed by atoms with E-state index >= 15 is 0 Å². The molecule has 0 aliphatic rings. The van der Waals surface area contributed by atoms with E-state index < -0.39 is 0 Å².